The molecule has 1 aliphatic rings. The number of benzene rings is 1. The Balaban J connectivity index is 1.77. The molecule has 2 atom stereocenters. The van der Waals surface area contributed by atoms with Gasteiger partial charge in [-0.1, -0.05) is 30.3 Å². The van der Waals surface area contributed by atoms with Gasteiger partial charge in [-0.25, -0.2) is 18.2 Å². The molecular weight excluding hydrogens is 384 g/mol. The molecule has 1 N–H and O–H groups in total. The average Bonchev–Trinajstić information content (AvgIpc) is 3.01. The maximum absolute atomic E-state index is 12.2. The van der Waals surface area contributed by atoms with E-state index in [0.717, 1.165) is 24.3 Å². The van der Waals surface area contributed by atoms with Gasteiger partial charge in [0, 0.05) is 24.4 Å². The van der Waals surface area contributed by atoms with Crippen LogP contribution in [0.3, 0.4) is 0 Å². The number of carbonyl (C=O) groups is 2. The Labute approximate surface area is 162 Å². The Morgan fingerprint density at radius 2 is 1.93 bits per heavy atom. The van der Waals surface area contributed by atoms with Crippen LogP contribution in [0.15, 0.2) is 48.7 Å². The second-order valence-corrected chi connectivity index (χ2v) is 9.35. The Bertz CT molecular complexity index is 991. The third-order valence-corrected chi connectivity index (χ3v) is 6.87. The summed E-state index contributed by atoms with van der Waals surface area (Å²) in [6.07, 6.45) is 0.582. The minimum absolute atomic E-state index is 0.0227. The van der Waals surface area contributed by atoms with Crippen LogP contribution in [0.5, 0.6) is 0 Å². The number of nitrogens with zero attached hydrogens (tertiary/aromatic N) is 2. The van der Waals surface area contributed by atoms with Gasteiger partial charge in [-0.3, -0.25) is 9.69 Å². The summed E-state index contributed by atoms with van der Waals surface area (Å²) in [7, 11) is -3.91. The Hall–Kier alpha value is -2.94. The van der Waals surface area contributed by atoms with Crippen molar-refractivity contribution in [2.24, 2.45) is 0 Å². The van der Waals surface area contributed by atoms with Crippen molar-refractivity contribution >= 4 is 27.7 Å². The van der Waals surface area contributed by atoms with Crippen molar-refractivity contribution in [2.75, 3.05) is 17.7 Å². The van der Waals surface area contributed by atoms with Crippen molar-refractivity contribution in [3.63, 3.8) is 0 Å². The zero-order valence-electron chi connectivity index (χ0n) is 15.4. The summed E-state index contributed by atoms with van der Waals surface area (Å²) in [5, 5.41) is 9.37. The molecule has 0 bridgehead atoms. The van der Waals surface area contributed by atoms with Gasteiger partial charge in [-0.15, -0.1) is 0 Å². The van der Waals surface area contributed by atoms with Crippen LogP contribution in [0, 0.1) is 0 Å². The normalized spacial score (nSPS) is 19.1. The fraction of sp³-hybridized carbons (Fsp3) is 0.316. The highest BCUT2D eigenvalue weighted by Gasteiger charge is 2.48. The summed E-state index contributed by atoms with van der Waals surface area (Å²) < 4.78 is 27.0. The summed E-state index contributed by atoms with van der Waals surface area (Å²) in [6.45, 7) is 1.14. The van der Waals surface area contributed by atoms with Gasteiger partial charge >= 0.3 is 12.1 Å². The van der Waals surface area contributed by atoms with Crippen LogP contribution in [-0.4, -0.2) is 54.2 Å². The number of anilines is 1. The zero-order chi connectivity index (χ0) is 20.5. The van der Waals surface area contributed by atoms with Crippen LogP contribution < -0.4 is 4.90 Å². The van der Waals surface area contributed by atoms with Crippen molar-refractivity contribution in [3.05, 3.63) is 48.7 Å². The zero-order valence-corrected chi connectivity index (χ0v) is 16.2. The summed E-state index contributed by atoms with van der Waals surface area (Å²) >= 11 is 0. The molecule has 3 rings (SSSR count). The third-order valence-electron chi connectivity index (χ3n) is 4.89. The van der Waals surface area contributed by atoms with E-state index < -0.39 is 32.8 Å². The summed E-state index contributed by atoms with van der Waals surface area (Å²) in [5.41, 5.74) is 1.86. The molecule has 1 saturated heterocycles. The number of rotatable bonds is 6. The van der Waals surface area contributed by atoms with E-state index in [4.69, 9.17) is 4.74 Å². The van der Waals surface area contributed by atoms with Crippen molar-refractivity contribution in [1.82, 2.24) is 4.98 Å². The molecule has 9 heteroatoms. The third kappa shape index (κ3) is 3.70. The minimum atomic E-state index is -3.91. The molecule has 8 nitrogen and oxygen atoms in total. The molecule has 148 valence electrons. The van der Waals surface area contributed by atoms with Crippen LogP contribution in [0.4, 0.5) is 10.6 Å². The number of aromatic nitrogens is 1. The Morgan fingerprint density at radius 1 is 1.25 bits per heavy atom. The van der Waals surface area contributed by atoms with E-state index in [9.17, 15) is 23.1 Å². The lowest BCUT2D eigenvalue weighted by molar-refractivity contribution is -0.140. The maximum atomic E-state index is 12.2. The number of pyridine rings is 1. The molecule has 0 radical (unpaired) electrons. The minimum Gasteiger partial charge on any atom is -0.480 e. The highest BCUT2D eigenvalue weighted by molar-refractivity contribution is 7.92. The van der Waals surface area contributed by atoms with Gasteiger partial charge in [0.05, 0.1) is 6.54 Å². The van der Waals surface area contributed by atoms with Gasteiger partial charge in [0.15, 0.2) is 14.6 Å². The van der Waals surface area contributed by atoms with E-state index in [1.54, 1.807) is 12.3 Å². The van der Waals surface area contributed by atoms with E-state index in [2.05, 4.69) is 4.98 Å². The number of carboxylic acids is 1. The smallest absolute Gasteiger partial charge is 0.415 e. The molecule has 0 unspecified atom stereocenters. The molecule has 1 amide bonds. The molecule has 1 aromatic carbocycles. The first-order valence-corrected chi connectivity index (χ1v) is 10.4. The number of sulfone groups is 1. The number of hydrogen-bond donors (Lipinski definition) is 1. The summed E-state index contributed by atoms with van der Waals surface area (Å²) in [5.74, 6) is -1.13. The van der Waals surface area contributed by atoms with E-state index in [1.165, 1.54) is 4.90 Å². The average molecular weight is 404 g/mol. The quantitative estimate of drug-likeness (QED) is 0.786. The summed E-state index contributed by atoms with van der Waals surface area (Å²) in [4.78, 5) is 29.3. The molecule has 2 heterocycles. The molecule has 2 aromatic rings. The lowest BCUT2D eigenvalue weighted by atomic mass is 10.0. The molecule has 1 fully saturated rings. The molecule has 0 aliphatic carbocycles. The SMILES string of the molecule is C[C@@](C[C@H]1CN(c2ccc(-c3ccccc3)cn2)C(=O)O1)(C(=O)O)S(C)(=O)=O. The first-order valence-electron chi connectivity index (χ1n) is 8.54. The lowest BCUT2D eigenvalue weighted by Crippen LogP contribution is -2.46. The van der Waals surface area contributed by atoms with Gasteiger partial charge in [0.1, 0.15) is 11.9 Å². The van der Waals surface area contributed by atoms with E-state index in [1.807, 2.05) is 36.4 Å². The van der Waals surface area contributed by atoms with Gasteiger partial charge in [0.2, 0.25) is 0 Å². The van der Waals surface area contributed by atoms with Crippen LogP contribution in [0.25, 0.3) is 11.1 Å². The Kier molecular flexibility index (Phi) is 5.12. The van der Waals surface area contributed by atoms with Crippen molar-refractivity contribution in [2.45, 2.75) is 24.2 Å². The topological polar surface area (TPSA) is 114 Å². The fourth-order valence-corrected chi connectivity index (χ4v) is 3.80. The van der Waals surface area contributed by atoms with E-state index in [0.29, 0.717) is 5.82 Å². The first kappa shape index (κ1) is 19.8. The molecule has 0 saturated carbocycles. The monoisotopic (exact) mass is 404 g/mol. The van der Waals surface area contributed by atoms with Crippen molar-refractivity contribution in [3.8, 4) is 11.1 Å². The lowest BCUT2D eigenvalue weighted by Gasteiger charge is -2.24. The van der Waals surface area contributed by atoms with E-state index >= 15 is 0 Å². The fourth-order valence-electron chi connectivity index (χ4n) is 2.99. The van der Waals surface area contributed by atoms with Crippen molar-refractivity contribution in [1.29, 1.82) is 0 Å². The number of cyclic esters (lactones) is 1. The van der Waals surface area contributed by atoms with Crippen LogP contribution in [0.2, 0.25) is 0 Å². The second kappa shape index (κ2) is 7.23. The predicted molar refractivity (Wildman–Crippen MR) is 103 cm³/mol. The number of ether oxygens (including phenoxy) is 1. The second-order valence-electron chi connectivity index (χ2n) is 6.90. The molecule has 0 spiro atoms. The standard InChI is InChI=1S/C19H20N2O6S/c1-19(17(22)23,28(2,25)26)10-15-12-21(18(24)27-15)16-9-8-14(11-20-16)13-6-4-3-5-7-13/h3-9,11,15H,10,12H2,1-2H3,(H,22,23)/t15-,19+/m0/s1. The molecule has 28 heavy (non-hydrogen) atoms. The van der Waals surface area contributed by atoms with Gasteiger partial charge in [-0.05, 0) is 24.6 Å². The maximum Gasteiger partial charge on any atom is 0.415 e. The number of carbonyl (C=O) groups excluding carboxylic acids is 1. The largest absolute Gasteiger partial charge is 0.480 e. The van der Waals surface area contributed by atoms with Gasteiger partial charge in [-0.2, -0.15) is 0 Å². The highest BCUT2D eigenvalue weighted by atomic mass is 32.2. The number of carboxylic acid groups (broad SMARTS) is 1. The van der Waals surface area contributed by atoms with E-state index in [-0.39, 0.29) is 13.0 Å². The number of hydrogen-bond acceptors (Lipinski definition) is 6. The Morgan fingerprint density at radius 3 is 2.46 bits per heavy atom. The van der Waals surface area contributed by atoms with Crippen LogP contribution in [-0.2, 0) is 19.4 Å². The molecule has 1 aliphatic heterocycles. The highest BCUT2D eigenvalue weighted by Crippen LogP contribution is 2.30. The summed E-state index contributed by atoms with van der Waals surface area (Å²) in [6, 6.07) is 13.1. The van der Waals surface area contributed by atoms with Crippen LogP contribution in [0.1, 0.15) is 13.3 Å². The first-order chi connectivity index (χ1) is 13.1. The van der Waals surface area contributed by atoms with Crippen LogP contribution >= 0.6 is 0 Å². The molecular formula is C19H20N2O6S. The number of aliphatic carboxylic acids is 1. The van der Waals surface area contributed by atoms with Crippen molar-refractivity contribution < 1.29 is 27.9 Å². The van der Waals surface area contributed by atoms with Gasteiger partial charge < -0.3 is 9.84 Å². The number of amides is 1. The van der Waals surface area contributed by atoms with Gasteiger partial charge in [0.25, 0.3) is 0 Å². The predicted octanol–water partition coefficient (Wildman–Crippen LogP) is 2.35. The molecule has 1 aromatic heterocycles.